The summed E-state index contributed by atoms with van der Waals surface area (Å²) in [7, 11) is 1.81. The van der Waals surface area contributed by atoms with Crippen LogP contribution < -0.4 is 4.74 Å². The van der Waals surface area contributed by atoms with E-state index < -0.39 is 0 Å². The Balaban J connectivity index is 1.38. The largest absolute Gasteiger partial charge is 0.484 e. The molecule has 1 amide bonds. The lowest BCUT2D eigenvalue weighted by molar-refractivity contribution is -0.132. The SMILES string of the molecule is CCc1ccc(CN(C)C(=O)COc2ccc3oc4c(c3c2)CCCC4)cc1. The number of amides is 1. The van der Waals surface area contributed by atoms with E-state index >= 15 is 0 Å². The van der Waals surface area contributed by atoms with Crippen LogP contribution in [0.2, 0.25) is 0 Å². The van der Waals surface area contributed by atoms with Gasteiger partial charge < -0.3 is 14.1 Å². The molecule has 4 nitrogen and oxygen atoms in total. The molecule has 0 bridgehead atoms. The van der Waals surface area contributed by atoms with E-state index in [1.807, 2.05) is 25.2 Å². The van der Waals surface area contributed by atoms with Crippen molar-refractivity contribution < 1.29 is 13.9 Å². The number of hydrogen-bond donors (Lipinski definition) is 0. The Morgan fingerprint density at radius 1 is 1.07 bits per heavy atom. The molecule has 1 aliphatic rings. The Labute approximate surface area is 166 Å². The Morgan fingerprint density at radius 3 is 2.61 bits per heavy atom. The van der Waals surface area contributed by atoms with Crippen molar-refractivity contribution in [1.82, 2.24) is 4.90 Å². The molecular weight excluding hydrogens is 350 g/mol. The standard InChI is InChI=1S/C24H27NO3/c1-3-17-8-10-18(11-9-17)15-25(2)24(26)16-27-19-12-13-23-21(14-19)20-6-4-5-7-22(20)28-23/h8-14H,3-7,15-16H2,1-2H3. The van der Waals surface area contributed by atoms with E-state index in [0.717, 1.165) is 47.3 Å². The zero-order chi connectivity index (χ0) is 19.5. The summed E-state index contributed by atoms with van der Waals surface area (Å²) in [5, 5.41) is 1.13. The van der Waals surface area contributed by atoms with Gasteiger partial charge in [0.25, 0.3) is 5.91 Å². The third kappa shape index (κ3) is 3.91. The fraction of sp³-hybridized carbons (Fsp3) is 0.375. The van der Waals surface area contributed by atoms with Gasteiger partial charge in [-0.3, -0.25) is 4.79 Å². The third-order valence-electron chi connectivity index (χ3n) is 5.57. The van der Waals surface area contributed by atoms with Crippen LogP contribution >= 0.6 is 0 Å². The normalized spacial score (nSPS) is 13.4. The molecule has 0 N–H and O–H groups in total. The van der Waals surface area contributed by atoms with Gasteiger partial charge in [-0.05, 0) is 55.0 Å². The van der Waals surface area contributed by atoms with Gasteiger partial charge in [0.05, 0.1) is 0 Å². The van der Waals surface area contributed by atoms with Crippen LogP contribution in [0.4, 0.5) is 0 Å². The van der Waals surface area contributed by atoms with Gasteiger partial charge in [-0.15, -0.1) is 0 Å². The number of fused-ring (bicyclic) bond motifs is 3. The second-order valence-corrected chi connectivity index (χ2v) is 7.58. The number of ether oxygens (including phenoxy) is 1. The molecule has 0 aliphatic heterocycles. The molecule has 4 rings (SSSR count). The maximum absolute atomic E-state index is 12.5. The molecule has 1 aromatic heterocycles. The van der Waals surface area contributed by atoms with Crippen molar-refractivity contribution in [3.8, 4) is 5.75 Å². The minimum atomic E-state index is -0.0334. The highest BCUT2D eigenvalue weighted by molar-refractivity contribution is 5.84. The molecule has 0 spiro atoms. The number of furan rings is 1. The average Bonchev–Trinajstić information content (AvgIpc) is 3.10. The van der Waals surface area contributed by atoms with E-state index in [-0.39, 0.29) is 12.5 Å². The van der Waals surface area contributed by atoms with E-state index in [2.05, 4.69) is 31.2 Å². The molecule has 0 saturated carbocycles. The smallest absolute Gasteiger partial charge is 0.260 e. The van der Waals surface area contributed by atoms with Crippen LogP contribution in [0.15, 0.2) is 46.9 Å². The zero-order valence-corrected chi connectivity index (χ0v) is 16.7. The van der Waals surface area contributed by atoms with Gasteiger partial charge in [-0.25, -0.2) is 0 Å². The van der Waals surface area contributed by atoms with E-state index in [1.54, 1.807) is 4.90 Å². The lowest BCUT2D eigenvalue weighted by Gasteiger charge is -2.18. The molecular formula is C24H27NO3. The van der Waals surface area contributed by atoms with Crippen molar-refractivity contribution in [3.63, 3.8) is 0 Å². The number of likely N-dealkylation sites (N-methyl/N-ethyl adjacent to an activating group) is 1. The average molecular weight is 377 g/mol. The van der Waals surface area contributed by atoms with Gasteiger partial charge >= 0.3 is 0 Å². The summed E-state index contributed by atoms with van der Waals surface area (Å²) in [6.07, 6.45) is 5.49. The first-order valence-electron chi connectivity index (χ1n) is 10.1. The summed E-state index contributed by atoms with van der Waals surface area (Å²) in [6.45, 7) is 2.76. The predicted molar refractivity (Wildman–Crippen MR) is 111 cm³/mol. The molecule has 1 heterocycles. The highest BCUT2D eigenvalue weighted by Gasteiger charge is 2.18. The number of carbonyl (C=O) groups excluding carboxylic acids is 1. The molecule has 0 fully saturated rings. The van der Waals surface area contributed by atoms with Crippen molar-refractivity contribution >= 4 is 16.9 Å². The lowest BCUT2D eigenvalue weighted by atomic mass is 9.96. The van der Waals surface area contributed by atoms with Crippen LogP contribution in [0.5, 0.6) is 5.75 Å². The van der Waals surface area contributed by atoms with Gasteiger partial charge in [0.2, 0.25) is 0 Å². The van der Waals surface area contributed by atoms with Crippen LogP contribution in [-0.2, 0) is 30.6 Å². The summed E-state index contributed by atoms with van der Waals surface area (Å²) in [4.78, 5) is 14.2. The first-order valence-corrected chi connectivity index (χ1v) is 10.1. The first kappa shape index (κ1) is 18.6. The predicted octanol–water partition coefficient (Wildman–Crippen LogP) is 4.91. The molecule has 0 unspecified atom stereocenters. The van der Waals surface area contributed by atoms with Gasteiger partial charge in [-0.1, -0.05) is 31.2 Å². The van der Waals surface area contributed by atoms with Crippen LogP contribution in [0, 0.1) is 0 Å². The van der Waals surface area contributed by atoms with Gasteiger partial charge in [-0.2, -0.15) is 0 Å². The zero-order valence-electron chi connectivity index (χ0n) is 16.7. The molecule has 4 heteroatoms. The maximum atomic E-state index is 12.5. The van der Waals surface area contributed by atoms with Crippen molar-refractivity contribution in [2.24, 2.45) is 0 Å². The topological polar surface area (TPSA) is 42.7 Å². The third-order valence-corrected chi connectivity index (χ3v) is 5.57. The van der Waals surface area contributed by atoms with Crippen molar-refractivity contribution in [3.05, 3.63) is 64.9 Å². The minimum Gasteiger partial charge on any atom is -0.484 e. The monoisotopic (exact) mass is 377 g/mol. The van der Waals surface area contributed by atoms with Gasteiger partial charge in [0.1, 0.15) is 17.1 Å². The molecule has 1 aliphatic carbocycles. The summed E-state index contributed by atoms with van der Waals surface area (Å²) in [5.41, 5.74) is 4.65. The van der Waals surface area contributed by atoms with Gasteiger partial charge in [0, 0.05) is 31.0 Å². The first-order chi connectivity index (χ1) is 13.6. The highest BCUT2D eigenvalue weighted by Crippen LogP contribution is 2.33. The Bertz CT molecular complexity index is 971. The summed E-state index contributed by atoms with van der Waals surface area (Å²) in [5.74, 6) is 1.80. The number of rotatable bonds is 6. The molecule has 0 atom stereocenters. The Hall–Kier alpha value is -2.75. The molecule has 0 radical (unpaired) electrons. The maximum Gasteiger partial charge on any atom is 0.260 e. The molecule has 0 saturated heterocycles. The summed E-state index contributed by atoms with van der Waals surface area (Å²) in [6, 6.07) is 14.2. The number of hydrogen-bond acceptors (Lipinski definition) is 3. The van der Waals surface area contributed by atoms with Gasteiger partial charge in [0.15, 0.2) is 6.61 Å². The van der Waals surface area contributed by atoms with E-state index in [0.29, 0.717) is 6.54 Å². The second kappa shape index (κ2) is 8.09. The minimum absolute atomic E-state index is 0.0334. The fourth-order valence-corrected chi connectivity index (χ4v) is 3.83. The number of aryl methyl sites for hydroxylation is 3. The molecule has 3 aromatic rings. The quantitative estimate of drug-likeness (QED) is 0.613. The highest BCUT2D eigenvalue weighted by atomic mass is 16.5. The van der Waals surface area contributed by atoms with Crippen LogP contribution in [0.1, 0.15) is 42.2 Å². The molecule has 28 heavy (non-hydrogen) atoms. The van der Waals surface area contributed by atoms with Crippen molar-refractivity contribution in [2.75, 3.05) is 13.7 Å². The van der Waals surface area contributed by atoms with E-state index in [9.17, 15) is 4.79 Å². The summed E-state index contributed by atoms with van der Waals surface area (Å²) < 4.78 is 11.8. The molecule has 2 aromatic carbocycles. The fourth-order valence-electron chi connectivity index (χ4n) is 3.83. The van der Waals surface area contributed by atoms with E-state index in [1.165, 1.54) is 24.0 Å². The number of benzene rings is 2. The Morgan fingerprint density at radius 2 is 1.82 bits per heavy atom. The van der Waals surface area contributed by atoms with Crippen LogP contribution in [-0.4, -0.2) is 24.5 Å². The molecule has 146 valence electrons. The number of carbonyl (C=O) groups is 1. The van der Waals surface area contributed by atoms with E-state index in [4.69, 9.17) is 9.15 Å². The Kier molecular flexibility index (Phi) is 5.38. The van der Waals surface area contributed by atoms with Crippen LogP contribution in [0.3, 0.4) is 0 Å². The second-order valence-electron chi connectivity index (χ2n) is 7.58. The lowest BCUT2D eigenvalue weighted by Crippen LogP contribution is -2.30. The summed E-state index contributed by atoms with van der Waals surface area (Å²) >= 11 is 0. The van der Waals surface area contributed by atoms with Crippen molar-refractivity contribution in [1.29, 1.82) is 0 Å². The van der Waals surface area contributed by atoms with Crippen LogP contribution in [0.25, 0.3) is 11.0 Å². The van der Waals surface area contributed by atoms with Crippen molar-refractivity contribution in [2.45, 2.75) is 45.6 Å². The number of nitrogens with zero attached hydrogens (tertiary/aromatic N) is 1.